The minimum Gasteiger partial charge on any atom is -0.539 e. The minimum atomic E-state index is -0.823. The Hall–Kier alpha value is -2.90. The first kappa shape index (κ1) is 16.5. The van der Waals surface area contributed by atoms with E-state index >= 15 is 0 Å². The molecule has 1 atom stereocenters. The molecule has 0 aliphatic rings. The Morgan fingerprint density at radius 2 is 2.00 bits per heavy atom. The van der Waals surface area contributed by atoms with E-state index in [2.05, 4.69) is 9.79 Å². The van der Waals surface area contributed by atoms with Gasteiger partial charge in [0.05, 0.1) is 17.4 Å². The number of benzene rings is 1. The Bertz CT molecular complexity index is 707. The number of carbonyl (C=O) groups is 2. The topological polar surface area (TPSA) is 106 Å². The number of esters is 2. The number of hydrogen-bond donors (Lipinski definition) is 0. The SMILES string of the molecule is CCOC(=O)c1ccc(-[n+]2noc([O-])c2C(C)OC(C)=O)cc1. The lowest BCUT2D eigenvalue weighted by Crippen LogP contribution is -2.38. The second-order valence-electron chi connectivity index (χ2n) is 4.68. The summed E-state index contributed by atoms with van der Waals surface area (Å²) in [5, 5.41) is 15.4. The van der Waals surface area contributed by atoms with Gasteiger partial charge in [0.25, 0.3) is 5.69 Å². The summed E-state index contributed by atoms with van der Waals surface area (Å²) < 4.78 is 15.8. The molecule has 0 aliphatic heterocycles. The van der Waals surface area contributed by atoms with Crippen LogP contribution in [-0.4, -0.2) is 23.8 Å². The lowest BCUT2D eigenvalue weighted by atomic mass is 10.2. The van der Waals surface area contributed by atoms with Gasteiger partial charge < -0.3 is 19.1 Å². The number of ether oxygens (including phenoxy) is 2. The fourth-order valence-corrected chi connectivity index (χ4v) is 2.04. The highest BCUT2D eigenvalue weighted by atomic mass is 16.6. The summed E-state index contributed by atoms with van der Waals surface area (Å²) in [5.41, 5.74) is 0.929. The second kappa shape index (κ2) is 6.91. The van der Waals surface area contributed by atoms with E-state index in [0.717, 1.165) is 0 Å². The van der Waals surface area contributed by atoms with Crippen LogP contribution in [0.15, 0.2) is 28.8 Å². The summed E-state index contributed by atoms with van der Waals surface area (Å²) in [6.07, 6.45) is -0.823. The number of hydrogen-bond acceptors (Lipinski definition) is 7. The van der Waals surface area contributed by atoms with E-state index in [4.69, 9.17) is 9.47 Å². The van der Waals surface area contributed by atoms with E-state index in [1.165, 1.54) is 11.6 Å². The van der Waals surface area contributed by atoms with Crippen molar-refractivity contribution in [2.75, 3.05) is 6.61 Å². The van der Waals surface area contributed by atoms with E-state index in [0.29, 0.717) is 11.3 Å². The van der Waals surface area contributed by atoms with Gasteiger partial charge in [0.1, 0.15) is 0 Å². The quantitative estimate of drug-likeness (QED) is 0.593. The number of aromatic nitrogens is 2. The van der Waals surface area contributed by atoms with Gasteiger partial charge in [-0.1, -0.05) is 0 Å². The molecule has 1 aromatic heterocycles. The van der Waals surface area contributed by atoms with Gasteiger partial charge in [-0.2, -0.15) is 0 Å². The molecule has 0 fully saturated rings. The molecular formula is C15H16N2O6. The van der Waals surface area contributed by atoms with Crippen molar-refractivity contribution in [2.24, 2.45) is 0 Å². The molecule has 8 heteroatoms. The maximum Gasteiger partial charge on any atom is 0.338 e. The first-order chi connectivity index (χ1) is 10.9. The Balaban J connectivity index is 2.32. The summed E-state index contributed by atoms with van der Waals surface area (Å²) >= 11 is 0. The molecule has 1 heterocycles. The van der Waals surface area contributed by atoms with Crippen LogP contribution in [-0.2, 0) is 14.3 Å². The molecule has 0 spiro atoms. The van der Waals surface area contributed by atoms with E-state index in [1.54, 1.807) is 38.1 Å². The Kier molecular flexibility index (Phi) is 4.95. The smallest absolute Gasteiger partial charge is 0.338 e. The van der Waals surface area contributed by atoms with E-state index in [-0.39, 0.29) is 12.3 Å². The Morgan fingerprint density at radius 3 is 2.57 bits per heavy atom. The number of carbonyl (C=O) groups excluding carboxylic acids is 2. The standard InChI is InChI=1S/C15H16N2O6/c1-4-21-14(19)11-5-7-12(8-6-11)17-13(15(20)23-16-17)9(2)22-10(3)18/h5-9H,4H2,1-3H3. The Labute approximate surface area is 132 Å². The average Bonchev–Trinajstić information content (AvgIpc) is 2.89. The molecule has 2 aromatic rings. The summed E-state index contributed by atoms with van der Waals surface area (Å²) in [7, 11) is 0. The maximum atomic E-state index is 11.8. The van der Waals surface area contributed by atoms with E-state index < -0.39 is 24.0 Å². The van der Waals surface area contributed by atoms with Crippen LogP contribution in [0.1, 0.15) is 42.9 Å². The van der Waals surface area contributed by atoms with Crippen LogP contribution in [0.25, 0.3) is 5.69 Å². The molecule has 23 heavy (non-hydrogen) atoms. The molecule has 0 bridgehead atoms. The van der Waals surface area contributed by atoms with Crippen LogP contribution in [0.2, 0.25) is 0 Å². The summed E-state index contributed by atoms with van der Waals surface area (Å²) in [4.78, 5) is 22.7. The van der Waals surface area contributed by atoms with Gasteiger partial charge in [0.15, 0.2) is 12.1 Å². The average molecular weight is 320 g/mol. The molecular weight excluding hydrogens is 304 g/mol. The number of nitrogens with zero attached hydrogens (tertiary/aromatic N) is 2. The zero-order chi connectivity index (χ0) is 17.0. The molecule has 0 saturated carbocycles. The molecule has 0 saturated heterocycles. The van der Waals surface area contributed by atoms with Crippen molar-refractivity contribution in [1.29, 1.82) is 0 Å². The maximum absolute atomic E-state index is 11.8. The predicted octanol–water partition coefficient (Wildman–Crippen LogP) is 0.826. The van der Waals surface area contributed by atoms with E-state index in [9.17, 15) is 14.7 Å². The molecule has 0 amide bonds. The normalized spacial score (nSPS) is 11.8. The third-order valence-electron chi connectivity index (χ3n) is 2.99. The van der Waals surface area contributed by atoms with Crippen molar-refractivity contribution in [3.05, 3.63) is 35.5 Å². The van der Waals surface area contributed by atoms with Crippen LogP contribution in [0.3, 0.4) is 0 Å². The van der Waals surface area contributed by atoms with Gasteiger partial charge in [0.2, 0.25) is 5.69 Å². The highest BCUT2D eigenvalue weighted by molar-refractivity contribution is 5.89. The fraction of sp³-hybridized carbons (Fsp3) is 0.333. The molecule has 2 rings (SSSR count). The first-order valence-electron chi connectivity index (χ1n) is 6.97. The van der Waals surface area contributed by atoms with Crippen LogP contribution in [0.5, 0.6) is 5.95 Å². The third-order valence-corrected chi connectivity index (χ3v) is 2.99. The monoisotopic (exact) mass is 320 g/mol. The van der Waals surface area contributed by atoms with Crippen molar-refractivity contribution in [2.45, 2.75) is 26.9 Å². The molecule has 1 aromatic carbocycles. The van der Waals surface area contributed by atoms with Crippen molar-refractivity contribution in [3.8, 4) is 11.6 Å². The van der Waals surface area contributed by atoms with Gasteiger partial charge in [-0.05, 0) is 30.7 Å². The van der Waals surface area contributed by atoms with Crippen LogP contribution >= 0.6 is 0 Å². The van der Waals surface area contributed by atoms with Gasteiger partial charge in [-0.25, -0.2) is 4.79 Å². The summed E-state index contributed by atoms with van der Waals surface area (Å²) in [5.74, 6) is -1.67. The van der Waals surface area contributed by atoms with Crippen molar-refractivity contribution in [3.63, 3.8) is 0 Å². The predicted molar refractivity (Wildman–Crippen MR) is 73.6 cm³/mol. The van der Waals surface area contributed by atoms with Gasteiger partial charge in [-0.3, -0.25) is 4.79 Å². The highest BCUT2D eigenvalue weighted by Gasteiger charge is 2.28. The molecule has 1 unspecified atom stereocenters. The van der Waals surface area contributed by atoms with Crippen molar-refractivity contribution >= 4 is 11.9 Å². The van der Waals surface area contributed by atoms with Gasteiger partial charge in [0, 0.05) is 19.1 Å². The Morgan fingerprint density at radius 1 is 1.35 bits per heavy atom. The van der Waals surface area contributed by atoms with Crippen molar-refractivity contribution < 1.29 is 33.4 Å². The van der Waals surface area contributed by atoms with Crippen LogP contribution < -0.4 is 9.79 Å². The zero-order valence-corrected chi connectivity index (χ0v) is 12.9. The minimum absolute atomic E-state index is 0.0732. The lowest BCUT2D eigenvalue weighted by Gasteiger charge is -2.08. The van der Waals surface area contributed by atoms with E-state index in [1.807, 2.05) is 0 Å². The third kappa shape index (κ3) is 3.65. The zero-order valence-electron chi connectivity index (χ0n) is 12.9. The summed E-state index contributed by atoms with van der Waals surface area (Å²) in [6.45, 7) is 4.78. The van der Waals surface area contributed by atoms with Gasteiger partial charge >= 0.3 is 11.9 Å². The molecule has 122 valence electrons. The molecule has 0 aliphatic carbocycles. The summed E-state index contributed by atoms with van der Waals surface area (Å²) in [6, 6.07) is 6.25. The lowest BCUT2D eigenvalue weighted by molar-refractivity contribution is -0.680. The second-order valence-corrected chi connectivity index (χ2v) is 4.68. The molecule has 0 radical (unpaired) electrons. The van der Waals surface area contributed by atoms with Gasteiger partial charge in [-0.15, -0.1) is 0 Å². The number of rotatable bonds is 5. The molecule has 0 N–H and O–H groups in total. The fourth-order valence-electron chi connectivity index (χ4n) is 2.04. The highest BCUT2D eigenvalue weighted by Crippen LogP contribution is 2.22. The first-order valence-corrected chi connectivity index (χ1v) is 6.97. The van der Waals surface area contributed by atoms with Crippen LogP contribution in [0.4, 0.5) is 0 Å². The largest absolute Gasteiger partial charge is 0.539 e. The van der Waals surface area contributed by atoms with Crippen LogP contribution in [0, 0.1) is 0 Å². The van der Waals surface area contributed by atoms with Crippen molar-refractivity contribution in [1.82, 2.24) is 5.27 Å². The molecule has 8 nitrogen and oxygen atoms in total.